The Balaban J connectivity index is 1.54. The molecule has 1 fully saturated rings. The third-order valence-electron chi connectivity index (χ3n) is 4.80. The van der Waals surface area contributed by atoms with E-state index in [1.165, 1.54) is 15.1 Å². The molecule has 2 aromatic carbocycles. The number of anilines is 1. The van der Waals surface area contributed by atoms with Gasteiger partial charge in [-0.15, -0.1) is 5.10 Å². The predicted octanol–water partition coefficient (Wildman–Crippen LogP) is 1.40. The van der Waals surface area contributed by atoms with E-state index in [9.17, 15) is 13.2 Å². The van der Waals surface area contributed by atoms with Gasteiger partial charge in [-0.05, 0) is 36.8 Å². The van der Waals surface area contributed by atoms with Gasteiger partial charge in [0.1, 0.15) is 12.1 Å². The Bertz CT molecular complexity index is 1150. The summed E-state index contributed by atoms with van der Waals surface area (Å²) in [5, 5.41) is 10.8. The molecule has 0 aliphatic carbocycles. The van der Waals surface area contributed by atoms with Gasteiger partial charge in [0, 0.05) is 18.8 Å². The first kappa shape index (κ1) is 19.5. The summed E-state index contributed by atoms with van der Waals surface area (Å²) >= 11 is 0. The van der Waals surface area contributed by atoms with Crippen LogP contribution in [0.4, 0.5) is 5.69 Å². The first-order valence-electron chi connectivity index (χ1n) is 9.22. The molecule has 0 spiro atoms. The maximum absolute atomic E-state index is 12.9. The average Bonchev–Trinajstić information content (AvgIpc) is 3.13. The minimum atomic E-state index is -3.64. The summed E-state index contributed by atoms with van der Waals surface area (Å²) in [7, 11) is -3.64. The van der Waals surface area contributed by atoms with Crippen molar-refractivity contribution in [2.24, 2.45) is 0 Å². The number of amides is 1. The van der Waals surface area contributed by atoms with E-state index in [-0.39, 0.29) is 17.3 Å². The zero-order chi connectivity index (χ0) is 20.4. The Morgan fingerprint density at radius 2 is 1.93 bits per heavy atom. The molecule has 0 atom stereocenters. The van der Waals surface area contributed by atoms with Crippen LogP contribution in [0.25, 0.3) is 11.0 Å². The lowest BCUT2D eigenvalue weighted by atomic mass is 10.2. The first-order valence-corrected chi connectivity index (χ1v) is 10.7. The Morgan fingerprint density at radius 3 is 2.72 bits per heavy atom. The van der Waals surface area contributed by atoms with Gasteiger partial charge in [0.15, 0.2) is 0 Å². The van der Waals surface area contributed by atoms with Gasteiger partial charge in [-0.3, -0.25) is 4.79 Å². The lowest BCUT2D eigenvalue weighted by Gasteiger charge is -2.26. The first-order chi connectivity index (χ1) is 13.9. The van der Waals surface area contributed by atoms with Crippen molar-refractivity contribution in [2.75, 3.05) is 31.6 Å². The van der Waals surface area contributed by atoms with E-state index < -0.39 is 10.0 Å². The maximum Gasteiger partial charge on any atom is 0.246 e. The van der Waals surface area contributed by atoms with Crippen molar-refractivity contribution >= 4 is 32.7 Å². The van der Waals surface area contributed by atoms with Gasteiger partial charge >= 0.3 is 0 Å². The van der Waals surface area contributed by atoms with E-state index in [0.717, 1.165) is 11.1 Å². The summed E-state index contributed by atoms with van der Waals surface area (Å²) in [5.41, 5.74) is 2.68. The minimum absolute atomic E-state index is 0.0274. The van der Waals surface area contributed by atoms with Gasteiger partial charge in [-0.1, -0.05) is 23.4 Å². The number of carbonyl (C=O) groups is 1. The highest BCUT2D eigenvalue weighted by Crippen LogP contribution is 2.24. The molecule has 1 N–H and O–H groups in total. The number of sulfonamides is 1. The van der Waals surface area contributed by atoms with Crippen LogP contribution >= 0.6 is 0 Å². The summed E-state index contributed by atoms with van der Waals surface area (Å²) in [6.45, 7) is 3.17. The minimum Gasteiger partial charge on any atom is -0.379 e. The Kier molecular flexibility index (Phi) is 5.31. The van der Waals surface area contributed by atoms with Gasteiger partial charge in [-0.25, -0.2) is 13.1 Å². The van der Waals surface area contributed by atoms with Crippen LogP contribution in [0.2, 0.25) is 0 Å². The molecule has 4 rings (SSSR count). The quantitative estimate of drug-likeness (QED) is 0.675. The van der Waals surface area contributed by atoms with E-state index in [4.69, 9.17) is 4.74 Å². The van der Waals surface area contributed by atoms with Crippen molar-refractivity contribution in [3.63, 3.8) is 0 Å². The second kappa shape index (κ2) is 7.90. The fourth-order valence-corrected chi connectivity index (χ4v) is 4.63. The number of aromatic nitrogens is 3. The molecule has 1 saturated heterocycles. The Labute approximate surface area is 168 Å². The summed E-state index contributed by atoms with van der Waals surface area (Å²) in [6.07, 6.45) is 0. The largest absolute Gasteiger partial charge is 0.379 e. The van der Waals surface area contributed by atoms with E-state index >= 15 is 0 Å². The number of hydrogen-bond donors (Lipinski definition) is 1. The van der Waals surface area contributed by atoms with Crippen molar-refractivity contribution in [2.45, 2.75) is 18.4 Å². The van der Waals surface area contributed by atoms with E-state index in [1.807, 2.05) is 31.2 Å². The fourth-order valence-electron chi connectivity index (χ4n) is 3.19. The molecule has 152 valence electrons. The van der Waals surface area contributed by atoms with Gasteiger partial charge in [0.05, 0.1) is 23.6 Å². The summed E-state index contributed by atoms with van der Waals surface area (Å²) in [5.74, 6) is -0.315. The number of rotatable bonds is 5. The lowest BCUT2D eigenvalue weighted by Crippen LogP contribution is -2.40. The molecule has 0 unspecified atom stereocenters. The molecule has 9 nitrogen and oxygen atoms in total. The van der Waals surface area contributed by atoms with Crippen LogP contribution < -0.4 is 5.32 Å². The molecule has 1 aromatic heterocycles. The Morgan fingerprint density at radius 1 is 1.17 bits per heavy atom. The topological polar surface area (TPSA) is 106 Å². The van der Waals surface area contributed by atoms with Crippen LogP contribution in [0, 0.1) is 6.92 Å². The average molecular weight is 415 g/mol. The highest BCUT2D eigenvalue weighted by molar-refractivity contribution is 7.89. The molecule has 1 aliphatic rings. The number of nitrogens with one attached hydrogen (secondary N) is 1. The molecule has 1 aliphatic heterocycles. The van der Waals surface area contributed by atoms with Crippen molar-refractivity contribution in [3.8, 4) is 0 Å². The van der Waals surface area contributed by atoms with Crippen LogP contribution in [0.15, 0.2) is 47.4 Å². The summed E-state index contributed by atoms with van der Waals surface area (Å²) in [6, 6.07) is 12.1. The Hall–Kier alpha value is -2.82. The summed E-state index contributed by atoms with van der Waals surface area (Å²) < 4.78 is 33.9. The number of fused-ring (bicyclic) bond motifs is 1. The van der Waals surface area contributed by atoms with Gasteiger partial charge < -0.3 is 10.1 Å². The number of ether oxygens (including phenoxy) is 1. The molecule has 29 heavy (non-hydrogen) atoms. The monoisotopic (exact) mass is 415 g/mol. The molecule has 0 radical (unpaired) electrons. The van der Waals surface area contributed by atoms with Crippen molar-refractivity contribution < 1.29 is 17.9 Å². The van der Waals surface area contributed by atoms with E-state index in [0.29, 0.717) is 37.5 Å². The number of aryl methyl sites for hydroxylation is 1. The standard InChI is InChI=1S/C19H21N5O4S/c1-14-6-7-15(29(26,27)23-8-10-28-11-9-23)12-17(14)20-19(25)13-24-18-5-3-2-4-16(18)21-22-24/h2-7,12H,8-11,13H2,1H3,(H,20,25). The molecule has 1 amide bonds. The zero-order valence-corrected chi connectivity index (χ0v) is 16.7. The van der Waals surface area contributed by atoms with E-state index in [2.05, 4.69) is 15.6 Å². The van der Waals surface area contributed by atoms with Gasteiger partial charge in [0.25, 0.3) is 0 Å². The highest BCUT2D eigenvalue weighted by Gasteiger charge is 2.27. The molecular formula is C19H21N5O4S. The second-order valence-electron chi connectivity index (χ2n) is 6.78. The van der Waals surface area contributed by atoms with Gasteiger partial charge in [0.2, 0.25) is 15.9 Å². The SMILES string of the molecule is Cc1ccc(S(=O)(=O)N2CCOCC2)cc1NC(=O)Cn1nnc2ccccc21. The summed E-state index contributed by atoms with van der Waals surface area (Å²) in [4.78, 5) is 12.7. The number of morpholine rings is 1. The van der Waals surface area contributed by atoms with Crippen LogP contribution in [0.3, 0.4) is 0 Å². The third-order valence-corrected chi connectivity index (χ3v) is 6.70. The van der Waals surface area contributed by atoms with Crippen molar-refractivity contribution in [1.29, 1.82) is 0 Å². The molecule has 10 heteroatoms. The normalized spacial score (nSPS) is 15.5. The molecule has 0 bridgehead atoms. The van der Waals surface area contributed by atoms with Crippen molar-refractivity contribution in [3.05, 3.63) is 48.0 Å². The van der Waals surface area contributed by atoms with Crippen molar-refractivity contribution in [1.82, 2.24) is 19.3 Å². The van der Waals surface area contributed by atoms with Crippen LogP contribution in [-0.4, -0.2) is 59.9 Å². The van der Waals surface area contributed by atoms with Crippen LogP contribution in [0.1, 0.15) is 5.56 Å². The molecule has 0 saturated carbocycles. The predicted molar refractivity (Wildman–Crippen MR) is 107 cm³/mol. The third kappa shape index (κ3) is 4.00. The number of para-hydroxylation sites is 1. The second-order valence-corrected chi connectivity index (χ2v) is 8.72. The highest BCUT2D eigenvalue weighted by atomic mass is 32.2. The lowest BCUT2D eigenvalue weighted by molar-refractivity contribution is -0.116. The molecular weight excluding hydrogens is 394 g/mol. The molecule has 3 aromatic rings. The van der Waals surface area contributed by atoms with Gasteiger partial charge in [-0.2, -0.15) is 4.31 Å². The smallest absolute Gasteiger partial charge is 0.246 e. The molecule has 2 heterocycles. The van der Waals surface area contributed by atoms with Crippen LogP contribution in [0.5, 0.6) is 0 Å². The zero-order valence-electron chi connectivity index (χ0n) is 15.9. The number of nitrogens with zero attached hydrogens (tertiary/aromatic N) is 4. The number of carbonyl (C=O) groups excluding carboxylic acids is 1. The fraction of sp³-hybridized carbons (Fsp3) is 0.316. The van der Waals surface area contributed by atoms with Crippen LogP contribution in [-0.2, 0) is 26.1 Å². The maximum atomic E-state index is 12.9. The van der Waals surface area contributed by atoms with E-state index in [1.54, 1.807) is 12.1 Å². The number of hydrogen-bond acceptors (Lipinski definition) is 6. The number of benzene rings is 2.